The fourth-order valence-corrected chi connectivity index (χ4v) is 0.919. The molecule has 1 aromatic heterocycles. The Morgan fingerprint density at radius 2 is 2.43 bits per heavy atom. The maximum Gasteiger partial charge on any atom is 0.341 e. The van der Waals surface area contributed by atoms with E-state index in [9.17, 15) is 4.79 Å². The number of anilines is 1. The third-order valence-electron chi connectivity index (χ3n) is 1.53. The molecule has 0 aromatic carbocycles. The molecule has 0 saturated carbocycles. The van der Waals surface area contributed by atoms with Gasteiger partial charge in [0, 0.05) is 0 Å². The van der Waals surface area contributed by atoms with E-state index in [0.29, 0.717) is 0 Å². The molecule has 1 rings (SSSR count). The van der Waals surface area contributed by atoms with Crippen LogP contribution in [0.25, 0.3) is 0 Å². The van der Waals surface area contributed by atoms with Gasteiger partial charge in [0.15, 0.2) is 0 Å². The van der Waals surface area contributed by atoms with Gasteiger partial charge in [0.25, 0.3) is 0 Å². The van der Waals surface area contributed by atoms with E-state index in [-0.39, 0.29) is 23.7 Å². The molecule has 5 nitrogen and oxygen atoms in total. The molecule has 0 aliphatic rings. The molecule has 1 aromatic rings. The number of carbonyl (C=O) groups is 1. The number of carbonyl (C=O) groups excluding carboxylic acids is 1. The van der Waals surface area contributed by atoms with Gasteiger partial charge < -0.3 is 10.5 Å². The van der Waals surface area contributed by atoms with Crippen molar-refractivity contribution in [3.05, 3.63) is 23.4 Å². The summed E-state index contributed by atoms with van der Waals surface area (Å²) in [6, 6.07) is 4.67. The molecule has 0 amide bonds. The minimum absolute atomic E-state index is 0.0162. The van der Waals surface area contributed by atoms with Crippen molar-refractivity contribution in [3.8, 4) is 6.07 Å². The smallest absolute Gasteiger partial charge is 0.341 e. The normalized spacial score (nSPS) is 9.14. The van der Waals surface area contributed by atoms with Crippen molar-refractivity contribution in [1.29, 1.82) is 5.26 Å². The van der Waals surface area contributed by atoms with Crippen molar-refractivity contribution in [2.75, 3.05) is 12.3 Å². The van der Waals surface area contributed by atoms with E-state index in [1.807, 2.05) is 6.07 Å². The van der Waals surface area contributed by atoms with Crippen LogP contribution in [-0.4, -0.2) is 17.6 Å². The number of ether oxygens (including phenoxy) is 1. The predicted molar refractivity (Wildman–Crippen MR) is 49.3 cm³/mol. The first kappa shape index (κ1) is 9.99. The van der Waals surface area contributed by atoms with Crippen molar-refractivity contribution in [2.24, 2.45) is 0 Å². The zero-order valence-electron chi connectivity index (χ0n) is 7.65. The van der Waals surface area contributed by atoms with E-state index in [2.05, 4.69) is 4.98 Å². The Kier molecular flexibility index (Phi) is 3.02. The monoisotopic (exact) mass is 191 g/mol. The van der Waals surface area contributed by atoms with Crippen molar-refractivity contribution >= 4 is 11.8 Å². The molecule has 0 radical (unpaired) electrons. The quantitative estimate of drug-likeness (QED) is 0.695. The highest BCUT2D eigenvalue weighted by molar-refractivity contribution is 5.94. The number of pyridine rings is 1. The average molecular weight is 191 g/mol. The molecule has 0 spiro atoms. The van der Waals surface area contributed by atoms with E-state index >= 15 is 0 Å². The largest absolute Gasteiger partial charge is 0.462 e. The second kappa shape index (κ2) is 4.23. The number of hydrogen-bond acceptors (Lipinski definition) is 5. The lowest BCUT2D eigenvalue weighted by atomic mass is 10.2. The highest BCUT2D eigenvalue weighted by Gasteiger charge is 2.11. The molecule has 0 bridgehead atoms. The van der Waals surface area contributed by atoms with Gasteiger partial charge in [0.05, 0.1) is 6.61 Å². The van der Waals surface area contributed by atoms with Crippen LogP contribution < -0.4 is 5.73 Å². The number of esters is 1. The molecule has 5 heteroatoms. The van der Waals surface area contributed by atoms with Crippen molar-refractivity contribution in [1.82, 2.24) is 4.98 Å². The SMILES string of the molecule is CCOC(=O)c1ccc(C#N)nc1N. The molecule has 0 saturated heterocycles. The van der Waals surface area contributed by atoms with Crippen LogP contribution in [0, 0.1) is 11.3 Å². The summed E-state index contributed by atoms with van der Waals surface area (Å²) >= 11 is 0. The lowest BCUT2D eigenvalue weighted by Gasteiger charge is -2.03. The summed E-state index contributed by atoms with van der Waals surface area (Å²) in [4.78, 5) is 15.0. The van der Waals surface area contributed by atoms with Crippen LogP contribution in [0.3, 0.4) is 0 Å². The van der Waals surface area contributed by atoms with Gasteiger partial charge in [0.2, 0.25) is 0 Å². The molecule has 0 unspecified atom stereocenters. The molecule has 72 valence electrons. The maximum atomic E-state index is 11.2. The summed E-state index contributed by atoms with van der Waals surface area (Å²) < 4.78 is 4.74. The van der Waals surface area contributed by atoms with Crippen molar-refractivity contribution in [2.45, 2.75) is 6.92 Å². The molecular weight excluding hydrogens is 182 g/mol. The highest BCUT2D eigenvalue weighted by atomic mass is 16.5. The summed E-state index contributed by atoms with van der Waals surface area (Å²) in [6.07, 6.45) is 0. The van der Waals surface area contributed by atoms with Crippen LogP contribution in [0.4, 0.5) is 5.82 Å². The summed E-state index contributed by atoms with van der Waals surface area (Å²) in [7, 11) is 0. The number of nitrogen functional groups attached to an aromatic ring is 1. The van der Waals surface area contributed by atoms with E-state index < -0.39 is 5.97 Å². The van der Waals surface area contributed by atoms with E-state index in [1.54, 1.807) is 6.92 Å². The number of rotatable bonds is 2. The average Bonchev–Trinajstić information content (AvgIpc) is 2.17. The van der Waals surface area contributed by atoms with Crippen molar-refractivity contribution < 1.29 is 9.53 Å². The molecule has 0 aliphatic carbocycles. The first-order valence-corrected chi connectivity index (χ1v) is 4.02. The standard InChI is InChI=1S/C9H9N3O2/c1-2-14-9(13)7-4-3-6(5-10)12-8(7)11/h3-4H,2H2,1H3,(H2,11,12). The van der Waals surface area contributed by atoms with Gasteiger partial charge >= 0.3 is 5.97 Å². The van der Waals surface area contributed by atoms with Crippen LogP contribution in [-0.2, 0) is 4.74 Å². The number of aromatic nitrogens is 1. The van der Waals surface area contributed by atoms with E-state index in [0.717, 1.165) is 0 Å². The maximum absolute atomic E-state index is 11.2. The first-order valence-electron chi connectivity index (χ1n) is 4.02. The first-order chi connectivity index (χ1) is 6.69. The summed E-state index contributed by atoms with van der Waals surface area (Å²) in [5.41, 5.74) is 5.83. The van der Waals surface area contributed by atoms with E-state index in [4.69, 9.17) is 15.7 Å². The number of hydrogen-bond donors (Lipinski definition) is 1. The number of nitrogens with two attached hydrogens (primary N) is 1. The second-order valence-electron chi connectivity index (χ2n) is 2.46. The van der Waals surface area contributed by atoms with Crippen LogP contribution in [0.15, 0.2) is 12.1 Å². The van der Waals surface area contributed by atoms with Crippen LogP contribution in [0.1, 0.15) is 23.0 Å². The minimum atomic E-state index is -0.526. The Bertz CT molecular complexity index is 396. The second-order valence-corrected chi connectivity index (χ2v) is 2.46. The summed E-state index contributed by atoms with van der Waals surface area (Å²) in [6.45, 7) is 1.98. The highest BCUT2D eigenvalue weighted by Crippen LogP contribution is 2.10. The fourth-order valence-electron chi connectivity index (χ4n) is 0.919. The van der Waals surface area contributed by atoms with Gasteiger partial charge in [-0.3, -0.25) is 0 Å². The van der Waals surface area contributed by atoms with Gasteiger partial charge in [-0.1, -0.05) is 0 Å². The topological polar surface area (TPSA) is 89.0 Å². The molecule has 0 aliphatic heterocycles. The van der Waals surface area contributed by atoms with Gasteiger partial charge in [-0.15, -0.1) is 0 Å². The molecule has 0 fully saturated rings. The minimum Gasteiger partial charge on any atom is -0.462 e. The van der Waals surface area contributed by atoms with Crippen LogP contribution >= 0.6 is 0 Å². The Morgan fingerprint density at radius 3 is 2.93 bits per heavy atom. The lowest BCUT2D eigenvalue weighted by molar-refractivity contribution is 0.0527. The Hall–Kier alpha value is -2.09. The van der Waals surface area contributed by atoms with Crippen LogP contribution in [0.2, 0.25) is 0 Å². The van der Waals surface area contributed by atoms with Gasteiger partial charge in [-0.05, 0) is 19.1 Å². The molecule has 14 heavy (non-hydrogen) atoms. The zero-order valence-corrected chi connectivity index (χ0v) is 7.65. The Labute approximate surface area is 81.1 Å². The third-order valence-corrected chi connectivity index (χ3v) is 1.53. The van der Waals surface area contributed by atoms with Gasteiger partial charge in [-0.25, -0.2) is 9.78 Å². The number of nitriles is 1. The van der Waals surface area contributed by atoms with Gasteiger partial charge in [0.1, 0.15) is 23.1 Å². The zero-order chi connectivity index (χ0) is 10.6. The fraction of sp³-hybridized carbons (Fsp3) is 0.222. The van der Waals surface area contributed by atoms with Crippen molar-refractivity contribution in [3.63, 3.8) is 0 Å². The van der Waals surface area contributed by atoms with E-state index in [1.165, 1.54) is 12.1 Å². The number of nitrogens with zero attached hydrogens (tertiary/aromatic N) is 2. The predicted octanol–water partition coefficient (Wildman–Crippen LogP) is 0.712. The lowest BCUT2D eigenvalue weighted by Crippen LogP contribution is -2.09. The molecule has 1 heterocycles. The summed E-state index contributed by atoms with van der Waals surface area (Å²) in [5.74, 6) is -0.510. The Balaban J connectivity index is 3.01. The molecule has 0 atom stereocenters. The third kappa shape index (κ3) is 1.98. The summed E-state index contributed by atoms with van der Waals surface area (Å²) in [5, 5.41) is 8.51. The Morgan fingerprint density at radius 1 is 1.71 bits per heavy atom. The molecule has 2 N–H and O–H groups in total. The van der Waals surface area contributed by atoms with Gasteiger partial charge in [-0.2, -0.15) is 5.26 Å². The van der Waals surface area contributed by atoms with Crippen LogP contribution in [0.5, 0.6) is 0 Å². The molecular formula is C9H9N3O2.